The van der Waals surface area contributed by atoms with Crippen LogP contribution in [0.1, 0.15) is 46.2 Å². The van der Waals surface area contributed by atoms with E-state index in [-0.39, 0.29) is 0 Å². The van der Waals surface area contributed by atoms with Crippen LogP contribution in [0.4, 0.5) is 0 Å². The summed E-state index contributed by atoms with van der Waals surface area (Å²) in [6.07, 6.45) is 4.31. The minimum atomic E-state index is 0.996. The molecule has 0 aliphatic carbocycles. The average molecular weight is 238 g/mol. The van der Waals surface area contributed by atoms with Crippen LogP contribution in [0, 0.1) is 6.92 Å². The largest absolute Gasteiger partial charge is 0.259 e. The van der Waals surface area contributed by atoms with Gasteiger partial charge in [0, 0.05) is 5.69 Å². The molecule has 2 nitrogen and oxygen atoms in total. The number of hydrogen-bond donors (Lipinski definition) is 0. The van der Waals surface area contributed by atoms with Crippen LogP contribution in [0.3, 0.4) is 0 Å². The van der Waals surface area contributed by atoms with Gasteiger partial charge in [0.1, 0.15) is 0 Å². The van der Waals surface area contributed by atoms with Crippen LogP contribution in [0.2, 0.25) is 0 Å². The van der Waals surface area contributed by atoms with Gasteiger partial charge < -0.3 is 0 Å². The molecule has 0 fully saturated rings. The Bertz CT molecular complexity index is 380. The summed E-state index contributed by atoms with van der Waals surface area (Å²) in [5, 5.41) is 0. The van der Waals surface area contributed by atoms with Gasteiger partial charge in [-0.1, -0.05) is 40.5 Å². The van der Waals surface area contributed by atoms with Crippen molar-refractivity contribution in [1.29, 1.82) is 0 Å². The van der Waals surface area contributed by atoms with E-state index in [0.29, 0.717) is 0 Å². The highest BCUT2D eigenvalue weighted by molar-refractivity contribution is 7.16. The molecule has 0 N–H and O–H groups in total. The van der Waals surface area contributed by atoms with Crippen LogP contribution < -0.4 is 0 Å². The molecule has 16 heavy (non-hydrogen) atoms. The lowest BCUT2D eigenvalue weighted by molar-refractivity contribution is 1.09. The molecule has 2 heterocycles. The van der Waals surface area contributed by atoms with E-state index >= 15 is 0 Å². The first-order valence-electron chi connectivity index (χ1n) is 5.85. The molecule has 3 heteroatoms. The van der Waals surface area contributed by atoms with E-state index in [1.807, 2.05) is 18.5 Å². The molecule has 2 rings (SSSR count). The van der Waals surface area contributed by atoms with Gasteiger partial charge >= 0.3 is 0 Å². The van der Waals surface area contributed by atoms with Gasteiger partial charge in [0.05, 0.1) is 21.9 Å². The van der Waals surface area contributed by atoms with Crippen molar-refractivity contribution in [3.63, 3.8) is 0 Å². The van der Waals surface area contributed by atoms with Gasteiger partial charge in [0.25, 0.3) is 0 Å². The van der Waals surface area contributed by atoms with Crippen LogP contribution in [0.5, 0.6) is 0 Å². The number of aryl methyl sites for hydroxylation is 1. The van der Waals surface area contributed by atoms with E-state index in [2.05, 4.69) is 37.7 Å². The van der Waals surface area contributed by atoms with Crippen LogP contribution in [0.25, 0.3) is 10.2 Å². The zero-order valence-electron chi connectivity index (χ0n) is 10.9. The maximum Gasteiger partial charge on any atom is 0.0995 e. The second-order valence-electron chi connectivity index (χ2n) is 3.56. The maximum absolute atomic E-state index is 4.12. The lowest BCUT2D eigenvalue weighted by Gasteiger charge is -1.87. The van der Waals surface area contributed by atoms with Gasteiger partial charge in [0.2, 0.25) is 0 Å². The number of hydrogen-bond acceptors (Lipinski definition) is 3. The third-order valence-corrected chi connectivity index (χ3v) is 2.15. The molecule has 0 saturated carbocycles. The minimum absolute atomic E-state index is 0.996. The second-order valence-corrected chi connectivity index (χ2v) is 4.45. The van der Waals surface area contributed by atoms with Crippen molar-refractivity contribution >= 4 is 21.6 Å². The summed E-state index contributed by atoms with van der Waals surface area (Å²) < 4.78 is 1.22. The summed E-state index contributed by atoms with van der Waals surface area (Å²) in [4.78, 5) is 8.24. The third-order valence-electron chi connectivity index (χ3n) is 1.35. The first kappa shape index (κ1) is 15.0. The van der Waals surface area contributed by atoms with E-state index in [1.165, 1.54) is 17.5 Å². The molecule has 0 spiro atoms. The standard InChI is InChI=1S/C7H6N2S.2C3H8/c1-5-2-7-6(3-8-5)9-4-10-7;2*1-3-2/h2-4H,1H3;2*3H2,1-2H3. The Hall–Kier alpha value is -0.960. The van der Waals surface area contributed by atoms with E-state index in [1.54, 1.807) is 17.5 Å². The molecule has 90 valence electrons. The lowest BCUT2D eigenvalue weighted by atomic mass is 10.4. The summed E-state index contributed by atoms with van der Waals surface area (Å²) in [7, 11) is 0. The zero-order chi connectivity index (χ0) is 12.4. The topological polar surface area (TPSA) is 25.8 Å². The van der Waals surface area contributed by atoms with Gasteiger partial charge in [-0.3, -0.25) is 4.98 Å². The van der Waals surface area contributed by atoms with Crippen LogP contribution >= 0.6 is 11.3 Å². The van der Waals surface area contributed by atoms with Crippen LogP contribution in [0.15, 0.2) is 17.8 Å². The molecule has 0 unspecified atom stereocenters. The maximum atomic E-state index is 4.12. The number of pyridine rings is 1. The van der Waals surface area contributed by atoms with Crippen molar-refractivity contribution in [2.45, 2.75) is 47.5 Å². The molecule has 0 radical (unpaired) electrons. The molecule has 2 aromatic heterocycles. The second kappa shape index (κ2) is 9.28. The third kappa shape index (κ3) is 5.81. The van der Waals surface area contributed by atoms with Gasteiger partial charge in [-0.2, -0.15) is 0 Å². The number of thiazole rings is 1. The van der Waals surface area contributed by atoms with Gasteiger partial charge in [-0.25, -0.2) is 4.98 Å². The fraction of sp³-hybridized carbons (Fsp3) is 0.538. The highest BCUT2D eigenvalue weighted by Crippen LogP contribution is 2.16. The smallest absolute Gasteiger partial charge is 0.0995 e. The molecule has 0 atom stereocenters. The Kier molecular flexibility index (Phi) is 8.72. The molecule has 0 aliphatic heterocycles. The summed E-state index contributed by atoms with van der Waals surface area (Å²) in [6.45, 7) is 10.5. The van der Waals surface area contributed by atoms with Crippen molar-refractivity contribution in [3.05, 3.63) is 23.5 Å². The van der Waals surface area contributed by atoms with Gasteiger partial charge in [-0.05, 0) is 13.0 Å². The van der Waals surface area contributed by atoms with Gasteiger partial charge in [0.15, 0.2) is 0 Å². The van der Waals surface area contributed by atoms with Crippen molar-refractivity contribution in [3.8, 4) is 0 Å². The van der Waals surface area contributed by atoms with E-state index in [9.17, 15) is 0 Å². The van der Waals surface area contributed by atoms with Crippen molar-refractivity contribution in [2.75, 3.05) is 0 Å². The average Bonchev–Trinajstić information content (AvgIpc) is 2.67. The normalized spacial score (nSPS) is 8.81. The molecular weight excluding hydrogens is 216 g/mol. The molecule has 2 aromatic rings. The SMILES string of the molecule is CCC.CCC.Cc1cc2scnc2cn1. The zero-order valence-corrected chi connectivity index (χ0v) is 11.8. The molecule has 0 saturated heterocycles. The molecule has 0 aromatic carbocycles. The van der Waals surface area contributed by atoms with E-state index in [0.717, 1.165) is 11.2 Å². The van der Waals surface area contributed by atoms with Crippen molar-refractivity contribution in [2.24, 2.45) is 0 Å². The Labute approximate surface area is 103 Å². The first-order chi connectivity index (χ1) is 7.69. The minimum Gasteiger partial charge on any atom is -0.259 e. The van der Waals surface area contributed by atoms with Crippen LogP contribution in [-0.4, -0.2) is 9.97 Å². The van der Waals surface area contributed by atoms with Gasteiger partial charge in [-0.15, -0.1) is 11.3 Å². The summed E-state index contributed by atoms with van der Waals surface area (Å²) >= 11 is 1.65. The molecular formula is C13H22N2S. The quantitative estimate of drug-likeness (QED) is 0.657. The predicted octanol–water partition coefficient (Wildman–Crippen LogP) is 4.83. The highest BCUT2D eigenvalue weighted by Gasteiger charge is 1.94. The summed E-state index contributed by atoms with van der Waals surface area (Å²) in [5.41, 5.74) is 3.89. The monoisotopic (exact) mass is 238 g/mol. The Balaban J connectivity index is 0.000000321. The number of aromatic nitrogens is 2. The van der Waals surface area contributed by atoms with E-state index in [4.69, 9.17) is 0 Å². The molecule has 0 amide bonds. The number of fused-ring (bicyclic) bond motifs is 1. The van der Waals surface area contributed by atoms with Crippen LogP contribution in [-0.2, 0) is 0 Å². The summed E-state index contributed by atoms with van der Waals surface area (Å²) in [5.74, 6) is 0. The Morgan fingerprint density at radius 1 is 1.06 bits per heavy atom. The van der Waals surface area contributed by atoms with Crippen molar-refractivity contribution in [1.82, 2.24) is 9.97 Å². The first-order valence-corrected chi connectivity index (χ1v) is 6.73. The fourth-order valence-electron chi connectivity index (χ4n) is 0.859. The molecule has 0 bridgehead atoms. The fourth-order valence-corrected chi connectivity index (χ4v) is 1.60. The Morgan fingerprint density at radius 2 is 1.62 bits per heavy atom. The number of nitrogens with zero attached hydrogens (tertiary/aromatic N) is 2. The molecule has 0 aliphatic rings. The lowest BCUT2D eigenvalue weighted by Crippen LogP contribution is -1.76. The summed E-state index contributed by atoms with van der Waals surface area (Å²) in [6, 6.07) is 2.05. The van der Waals surface area contributed by atoms with Crippen molar-refractivity contribution < 1.29 is 0 Å². The predicted molar refractivity (Wildman–Crippen MR) is 74.1 cm³/mol. The Morgan fingerprint density at radius 3 is 2.19 bits per heavy atom. The highest BCUT2D eigenvalue weighted by atomic mass is 32.1. The number of rotatable bonds is 0. The van der Waals surface area contributed by atoms with E-state index < -0.39 is 0 Å².